The van der Waals surface area contributed by atoms with Crippen LogP contribution in [0.25, 0.3) is 11.3 Å². The predicted octanol–water partition coefficient (Wildman–Crippen LogP) is 3.86. The highest BCUT2D eigenvalue weighted by Gasteiger charge is 2.67. The Bertz CT molecular complexity index is 638. The highest BCUT2D eigenvalue weighted by atomic mass is 35.5. The average molecular weight is 311 g/mol. The van der Waals surface area contributed by atoms with Crippen LogP contribution < -0.4 is 5.32 Å². The molecule has 0 saturated heterocycles. The predicted molar refractivity (Wildman–Crippen MR) is 77.7 cm³/mol. The lowest BCUT2D eigenvalue weighted by molar-refractivity contribution is -0.120. The minimum Gasteiger partial charge on any atom is -0.444 e. The third-order valence-corrected chi connectivity index (χ3v) is 4.72. The van der Waals surface area contributed by atoms with Crippen LogP contribution in [-0.4, -0.2) is 15.2 Å². The molecule has 4 nitrogen and oxygen atoms in total. The van der Waals surface area contributed by atoms with Gasteiger partial charge in [0, 0.05) is 11.3 Å². The van der Waals surface area contributed by atoms with Gasteiger partial charge in [0.05, 0.1) is 11.6 Å². The molecule has 0 aliphatic heterocycles. The number of benzene rings is 1. The first-order valence-corrected chi connectivity index (χ1v) is 6.86. The standard InChI is InChI=1S/C14H12Cl2N2O2/c1-13(7-14(13,15)16)12(19)18-10-4-2-9(3-5-10)11-6-17-8-20-11/h2-6,8H,7H2,1H3,(H,18,19). The molecule has 0 spiro atoms. The molecule has 3 rings (SSSR count). The summed E-state index contributed by atoms with van der Waals surface area (Å²) in [5.41, 5.74) is 0.859. The monoisotopic (exact) mass is 310 g/mol. The lowest BCUT2D eigenvalue weighted by atomic mass is 10.1. The quantitative estimate of drug-likeness (QED) is 0.876. The molecule has 104 valence electrons. The number of aromatic nitrogens is 1. The van der Waals surface area contributed by atoms with Crippen LogP contribution >= 0.6 is 23.2 Å². The van der Waals surface area contributed by atoms with E-state index in [2.05, 4.69) is 10.3 Å². The van der Waals surface area contributed by atoms with Gasteiger partial charge in [0.25, 0.3) is 0 Å². The van der Waals surface area contributed by atoms with Crippen molar-refractivity contribution in [2.75, 3.05) is 5.32 Å². The minimum absolute atomic E-state index is 0.171. The first-order valence-electron chi connectivity index (χ1n) is 6.11. The van der Waals surface area contributed by atoms with Crippen molar-refractivity contribution in [2.24, 2.45) is 5.41 Å². The van der Waals surface area contributed by atoms with Gasteiger partial charge in [0.15, 0.2) is 12.2 Å². The van der Waals surface area contributed by atoms with Crippen molar-refractivity contribution in [1.29, 1.82) is 0 Å². The van der Waals surface area contributed by atoms with Crippen LogP contribution in [-0.2, 0) is 4.79 Å². The summed E-state index contributed by atoms with van der Waals surface area (Å²) >= 11 is 12.0. The number of hydrogen-bond acceptors (Lipinski definition) is 3. The minimum atomic E-state index is -0.961. The highest BCUT2D eigenvalue weighted by Crippen LogP contribution is 2.64. The fourth-order valence-electron chi connectivity index (χ4n) is 1.99. The Kier molecular flexibility index (Phi) is 3.03. The number of alkyl halides is 2. The maximum absolute atomic E-state index is 12.1. The Morgan fingerprint density at radius 3 is 2.50 bits per heavy atom. The Morgan fingerprint density at radius 2 is 2.00 bits per heavy atom. The maximum Gasteiger partial charge on any atom is 0.233 e. The van der Waals surface area contributed by atoms with E-state index in [0.29, 0.717) is 17.9 Å². The van der Waals surface area contributed by atoms with Crippen LogP contribution in [0.1, 0.15) is 13.3 Å². The molecule has 20 heavy (non-hydrogen) atoms. The number of amides is 1. The molecule has 1 heterocycles. The van der Waals surface area contributed by atoms with Crippen molar-refractivity contribution in [3.8, 4) is 11.3 Å². The summed E-state index contributed by atoms with van der Waals surface area (Å²) in [4.78, 5) is 16.0. The Balaban J connectivity index is 1.72. The van der Waals surface area contributed by atoms with Crippen molar-refractivity contribution in [1.82, 2.24) is 4.98 Å². The molecule has 1 aromatic carbocycles. The van der Waals surface area contributed by atoms with Crippen LogP contribution in [0.3, 0.4) is 0 Å². The second-order valence-electron chi connectivity index (χ2n) is 5.11. The van der Waals surface area contributed by atoms with Gasteiger partial charge in [-0.25, -0.2) is 4.98 Å². The highest BCUT2D eigenvalue weighted by molar-refractivity contribution is 6.53. The fraction of sp³-hybridized carbons (Fsp3) is 0.286. The topological polar surface area (TPSA) is 55.1 Å². The first kappa shape index (κ1) is 13.5. The lowest BCUT2D eigenvalue weighted by Crippen LogP contribution is -2.25. The molecule has 1 aliphatic carbocycles. The van der Waals surface area contributed by atoms with Gasteiger partial charge < -0.3 is 9.73 Å². The number of halogens is 2. The average Bonchev–Trinajstić information content (AvgIpc) is 2.83. The number of rotatable bonds is 3. The third kappa shape index (κ3) is 2.19. The molecule has 1 atom stereocenters. The molecule has 1 aliphatic rings. The van der Waals surface area contributed by atoms with Crippen molar-refractivity contribution in [2.45, 2.75) is 17.7 Å². The maximum atomic E-state index is 12.1. The van der Waals surface area contributed by atoms with E-state index in [1.54, 1.807) is 25.3 Å². The van der Waals surface area contributed by atoms with Crippen LogP contribution in [0.5, 0.6) is 0 Å². The second-order valence-corrected chi connectivity index (χ2v) is 6.59. The molecule has 1 aromatic heterocycles. The van der Waals surface area contributed by atoms with E-state index in [1.807, 2.05) is 12.1 Å². The van der Waals surface area contributed by atoms with E-state index in [4.69, 9.17) is 27.6 Å². The van der Waals surface area contributed by atoms with Crippen molar-refractivity contribution in [3.63, 3.8) is 0 Å². The Morgan fingerprint density at radius 1 is 1.35 bits per heavy atom. The molecule has 1 amide bonds. The molecule has 1 fully saturated rings. The fourth-order valence-corrected chi connectivity index (χ4v) is 2.70. The number of hydrogen-bond donors (Lipinski definition) is 1. The number of carbonyl (C=O) groups excluding carboxylic acids is 1. The van der Waals surface area contributed by atoms with Gasteiger partial charge in [-0.1, -0.05) is 0 Å². The number of anilines is 1. The summed E-state index contributed by atoms with van der Waals surface area (Å²) in [7, 11) is 0. The van der Waals surface area contributed by atoms with E-state index in [9.17, 15) is 4.79 Å². The molecule has 0 bridgehead atoms. The van der Waals surface area contributed by atoms with Crippen molar-refractivity contribution in [3.05, 3.63) is 36.9 Å². The van der Waals surface area contributed by atoms with Crippen molar-refractivity contribution >= 4 is 34.8 Å². The number of nitrogens with zero attached hydrogens (tertiary/aromatic N) is 1. The first-order chi connectivity index (χ1) is 9.42. The number of nitrogens with one attached hydrogen (secondary N) is 1. The van der Waals surface area contributed by atoms with Crippen LogP contribution in [0.4, 0.5) is 5.69 Å². The Hall–Kier alpha value is -1.52. The van der Waals surface area contributed by atoms with Crippen LogP contribution in [0.15, 0.2) is 41.3 Å². The SMILES string of the molecule is CC1(C(=O)Nc2ccc(-c3cnco3)cc2)CC1(Cl)Cl. The van der Waals surface area contributed by atoms with Crippen LogP contribution in [0.2, 0.25) is 0 Å². The van der Waals surface area contributed by atoms with E-state index in [-0.39, 0.29) is 5.91 Å². The Labute approximate surface area is 126 Å². The molecule has 1 saturated carbocycles. The van der Waals surface area contributed by atoms with E-state index < -0.39 is 9.75 Å². The molecule has 2 aromatic rings. The van der Waals surface area contributed by atoms with Gasteiger partial charge in [0.1, 0.15) is 4.33 Å². The van der Waals surface area contributed by atoms with Gasteiger partial charge in [-0.2, -0.15) is 0 Å². The van der Waals surface area contributed by atoms with Gasteiger partial charge in [-0.3, -0.25) is 4.79 Å². The summed E-state index contributed by atoms with van der Waals surface area (Å²) in [6.45, 7) is 1.76. The van der Waals surface area contributed by atoms with E-state index >= 15 is 0 Å². The van der Waals surface area contributed by atoms with Gasteiger partial charge >= 0.3 is 0 Å². The summed E-state index contributed by atoms with van der Waals surface area (Å²) in [6.07, 6.45) is 3.47. The zero-order valence-electron chi connectivity index (χ0n) is 10.7. The summed E-state index contributed by atoms with van der Waals surface area (Å²) < 4.78 is 4.24. The van der Waals surface area contributed by atoms with Gasteiger partial charge in [-0.05, 0) is 37.6 Å². The number of carbonyl (C=O) groups is 1. The van der Waals surface area contributed by atoms with Gasteiger partial charge in [-0.15, -0.1) is 23.2 Å². The molecule has 6 heteroatoms. The molecule has 0 radical (unpaired) electrons. The summed E-state index contributed by atoms with van der Waals surface area (Å²) in [5, 5.41) is 2.82. The third-order valence-electron chi connectivity index (χ3n) is 3.62. The van der Waals surface area contributed by atoms with Crippen molar-refractivity contribution < 1.29 is 9.21 Å². The molecule has 1 unspecified atom stereocenters. The second kappa shape index (κ2) is 4.50. The summed E-state index contributed by atoms with van der Waals surface area (Å²) in [6, 6.07) is 7.29. The molecular weight excluding hydrogens is 299 g/mol. The van der Waals surface area contributed by atoms with Gasteiger partial charge in [0.2, 0.25) is 5.91 Å². The van der Waals surface area contributed by atoms with Crippen LogP contribution in [0, 0.1) is 5.41 Å². The zero-order valence-corrected chi connectivity index (χ0v) is 12.2. The molecular formula is C14H12Cl2N2O2. The zero-order chi connectivity index (χ0) is 14.4. The van der Waals surface area contributed by atoms with E-state index in [0.717, 1.165) is 5.56 Å². The number of oxazole rings is 1. The molecule has 1 N–H and O–H groups in total. The normalized spacial score (nSPS) is 23.4. The largest absolute Gasteiger partial charge is 0.444 e. The summed E-state index contributed by atoms with van der Waals surface area (Å²) in [5.74, 6) is 0.507. The van der Waals surface area contributed by atoms with E-state index in [1.165, 1.54) is 6.39 Å². The lowest BCUT2D eigenvalue weighted by Gasteiger charge is -2.12. The smallest absolute Gasteiger partial charge is 0.233 e.